The molecule has 0 bridgehead atoms. The first kappa shape index (κ1) is 20.2. The Hall–Kier alpha value is -2.12. The Morgan fingerprint density at radius 2 is 2.12 bits per heavy atom. The van der Waals surface area contributed by atoms with Crippen LogP contribution >= 0.6 is 0 Å². The number of nitrogens with one attached hydrogen (secondary N) is 3. The van der Waals surface area contributed by atoms with E-state index in [1.165, 1.54) is 0 Å². The highest BCUT2D eigenvalue weighted by Crippen LogP contribution is 2.12. The largest absolute Gasteiger partial charge is 0.381 e. The predicted molar refractivity (Wildman–Crippen MR) is 102 cm³/mol. The minimum Gasteiger partial charge on any atom is -0.381 e. The Bertz CT molecular complexity index is 569. The highest BCUT2D eigenvalue weighted by atomic mass is 16.5. The second kappa shape index (κ2) is 11.5. The molecule has 0 saturated carbocycles. The first-order chi connectivity index (χ1) is 12.7. The lowest BCUT2D eigenvalue weighted by Gasteiger charge is -2.13. The number of guanidine groups is 1. The number of nitrogens with zero attached hydrogens (tertiary/aromatic N) is 1. The van der Waals surface area contributed by atoms with Gasteiger partial charge in [-0.25, -0.2) is 0 Å². The molecule has 3 N–H and O–H groups in total. The summed E-state index contributed by atoms with van der Waals surface area (Å²) in [6.45, 7) is 4.67. The van der Waals surface area contributed by atoms with Gasteiger partial charge in [-0.3, -0.25) is 9.79 Å². The molecule has 1 saturated heterocycles. The lowest BCUT2D eigenvalue weighted by atomic mass is 10.1. The van der Waals surface area contributed by atoms with Crippen molar-refractivity contribution in [3.05, 3.63) is 35.4 Å². The number of benzene rings is 1. The van der Waals surface area contributed by atoms with E-state index < -0.39 is 0 Å². The third-order valence-electron chi connectivity index (χ3n) is 4.26. The maximum atomic E-state index is 11.5. The van der Waals surface area contributed by atoms with Gasteiger partial charge in [-0.15, -0.1) is 0 Å². The number of carbonyl (C=O) groups excluding carboxylic acids is 1. The molecule has 0 radical (unpaired) electrons. The monoisotopic (exact) mass is 362 g/mol. The van der Waals surface area contributed by atoms with Gasteiger partial charge in [0.1, 0.15) is 0 Å². The maximum absolute atomic E-state index is 11.5. The molecular weight excluding hydrogens is 332 g/mol. The van der Waals surface area contributed by atoms with Gasteiger partial charge < -0.3 is 25.4 Å². The molecule has 7 heteroatoms. The van der Waals surface area contributed by atoms with Crippen LogP contribution in [-0.2, 0) is 16.0 Å². The van der Waals surface area contributed by atoms with Crippen molar-refractivity contribution in [1.29, 1.82) is 0 Å². The van der Waals surface area contributed by atoms with E-state index in [9.17, 15) is 4.79 Å². The third kappa shape index (κ3) is 7.01. The standard InChI is InChI=1S/C19H30N4O3/c1-20-18(24)17-6-4-15(5-7-17)12-23-19(21-2)22-9-3-10-25-13-16-8-11-26-14-16/h4-7,16H,3,8-14H2,1-2H3,(H,20,24)(H2,21,22,23). The molecule has 1 fully saturated rings. The van der Waals surface area contributed by atoms with Crippen LogP contribution < -0.4 is 16.0 Å². The molecule has 0 spiro atoms. The fraction of sp³-hybridized carbons (Fsp3) is 0.579. The SMILES string of the molecule is CN=C(NCCCOCC1CCOC1)NCc1ccc(C(=O)NC)cc1. The summed E-state index contributed by atoms with van der Waals surface area (Å²) in [4.78, 5) is 15.7. The molecule has 1 aliphatic heterocycles. The van der Waals surface area contributed by atoms with Gasteiger partial charge in [0.25, 0.3) is 5.91 Å². The van der Waals surface area contributed by atoms with Gasteiger partial charge in [0.15, 0.2) is 5.96 Å². The van der Waals surface area contributed by atoms with Crippen LogP contribution in [0.5, 0.6) is 0 Å². The summed E-state index contributed by atoms with van der Waals surface area (Å²) in [6, 6.07) is 7.51. The van der Waals surface area contributed by atoms with Crippen LogP contribution in [0.2, 0.25) is 0 Å². The average molecular weight is 362 g/mol. The van der Waals surface area contributed by atoms with Crippen molar-refractivity contribution in [2.24, 2.45) is 10.9 Å². The van der Waals surface area contributed by atoms with Crippen molar-refractivity contribution in [1.82, 2.24) is 16.0 Å². The summed E-state index contributed by atoms with van der Waals surface area (Å²) in [5, 5.41) is 9.16. The van der Waals surface area contributed by atoms with Gasteiger partial charge in [-0.2, -0.15) is 0 Å². The van der Waals surface area contributed by atoms with Gasteiger partial charge in [-0.05, 0) is 30.5 Å². The van der Waals surface area contributed by atoms with Gasteiger partial charge in [0.2, 0.25) is 0 Å². The second-order valence-corrected chi connectivity index (χ2v) is 6.29. The minimum atomic E-state index is -0.0790. The molecule has 144 valence electrons. The Balaban J connectivity index is 1.59. The van der Waals surface area contributed by atoms with Crippen molar-refractivity contribution in [2.45, 2.75) is 19.4 Å². The molecular formula is C19H30N4O3. The number of hydrogen-bond donors (Lipinski definition) is 3. The van der Waals surface area contributed by atoms with Crippen molar-refractivity contribution < 1.29 is 14.3 Å². The van der Waals surface area contributed by atoms with E-state index >= 15 is 0 Å². The zero-order valence-corrected chi connectivity index (χ0v) is 15.7. The number of ether oxygens (including phenoxy) is 2. The van der Waals surface area contributed by atoms with Gasteiger partial charge in [0.05, 0.1) is 13.2 Å². The molecule has 1 aliphatic rings. The van der Waals surface area contributed by atoms with E-state index in [2.05, 4.69) is 20.9 Å². The molecule has 7 nitrogen and oxygen atoms in total. The van der Waals surface area contributed by atoms with Gasteiger partial charge >= 0.3 is 0 Å². The summed E-state index contributed by atoms with van der Waals surface area (Å²) in [6.07, 6.45) is 2.04. The smallest absolute Gasteiger partial charge is 0.251 e. The van der Waals surface area contributed by atoms with Crippen LogP contribution in [0.4, 0.5) is 0 Å². The average Bonchev–Trinajstić information content (AvgIpc) is 3.20. The van der Waals surface area contributed by atoms with Crippen LogP contribution in [0.1, 0.15) is 28.8 Å². The fourth-order valence-electron chi connectivity index (χ4n) is 2.67. The molecule has 0 aromatic heterocycles. The van der Waals surface area contributed by atoms with Crippen LogP contribution in [0.25, 0.3) is 0 Å². The normalized spacial score (nSPS) is 17.2. The van der Waals surface area contributed by atoms with E-state index in [4.69, 9.17) is 9.47 Å². The lowest BCUT2D eigenvalue weighted by molar-refractivity contribution is 0.0888. The number of carbonyl (C=O) groups is 1. The Morgan fingerprint density at radius 1 is 1.31 bits per heavy atom. The maximum Gasteiger partial charge on any atom is 0.251 e. The Morgan fingerprint density at radius 3 is 2.77 bits per heavy atom. The zero-order chi connectivity index (χ0) is 18.6. The summed E-state index contributed by atoms with van der Waals surface area (Å²) in [5.41, 5.74) is 1.74. The predicted octanol–water partition coefficient (Wildman–Crippen LogP) is 1.15. The van der Waals surface area contributed by atoms with Crippen LogP contribution in [0, 0.1) is 5.92 Å². The van der Waals surface area contributed by atoms with Crippen molar-refractivity contribution >= 4 is 11.9 Å². The van der Waals surface area contributed by atoms with E-state index in [-0.39, 0.29) is 5.91 Å². The van der Waals surface area contributed by atoms with Gasteiger partial charge in [0, 0.05) is 51.9 Å². The van der Waals surface area contributed by atoms with Gasteiger partial charge in [-0.1, -0.05) is 12.1 Å². The van der Waals surface area contributed by atoms with E-state index in [1.54, 1.807) is 14.1 Å². The summed E-state index contributed by atoms with van der Waals surface area (Å²) < 4.78 is 11.0. The Kier molecular flexibility index (Phi) is 8.92. The van der Waals surface area contributed by atoms with E-state index in [1.807, 2.05) is 24.3 Å². The molecule has 0 aliphatic carbocycles. The summed E-state index contributed by atoms with van der Waals surface area (Å²) >= 11 is 0. The quantitative estimate of drug-likeness (QED) is 0.349. The molecule has 1 amide bonds. The molecule has 2 rings (SSSR count). The first-order valence-corrected chi connectivity index (χ1v) is 9.14. The van der Waals surface area contributed by atoms with Crippen LogP contribution in [0.3, 0.4) is 0 Å². The molecule has 1 aromatic rings. The first-order valence-electron chi connectivity index (χ1n) is 9.14. The molecule has 26 heavy (non-hydrogen) atoms. The Labute approximate surface area is 155 Å². The molecule has 1 unspecified atom stereocenters. The van der Waals surface area contributed by atoms with Crippen molar-refractivity contribution in [3.8, 4) is 0 Å². The number of aliphatic imine (C=N–C) groups is 1. The highest BCUT2D eigenvalue weighted by Gasteiger charge is 2.15. The van der Waals surface area contributed by atoms with Crippen LogP contribution in [-0.4, -0.2) is 58.9 Å². The summed E-state index contributed by atoms with van der Waals surface area (Å²) in [7, 11) is 3.38. The number of hydrogen-bond acceptors (Lipinski definition) is 4. The topological polar surface area (TPSA) is 84.0 Å². The number of rotatable bonds is 9. The van der Waals surface area contributed by atoms with Crippen LogP contribution in [0.15, 0.2) is 29.3 Å². The molecule has 1 heterocycles. The molecule has 1 atom stereocenters. The fourth-order valence-corrected chi connectivity index (χ4v) is 2.67. The third-order valence-corrected chi connectivity index (χ3v) is 4.26. The van der Waals surface area contributed by atoms with Crippen molar-refractivity contribution in [2.75, 3.05) is 47.1 Å². The number of amides is 1. The second-order valence-electron chi connectivity index (χ2n) is 6.29. The zero-order valence-electron chi connectivity index (χ0n) is 15.7. The van der Waals surface area contributed by atoms with E-state index in [0.29, 0.717) is 18.0 Å². The van der Waals surface area contributed by atoms with Crippen molar-refractivity contribution in [3.63, 3.8) is 0 Å². The summed E-state index contributed by atoms with van der Waals surface area (Å²) in [5.74, 6) is 1.24. The highest BCUT2D eigenvalue weighted by molar-refractivity contribution is 5.93. The lowest BCUT2D eigenvalue weighted by Crippen LogP contribution is -2.37. The minimum absolute atomic E-state index is 0.0790. The van der Waals surface area contributed by atoms with E-state index in [0.717, 1.165) is 57.3 Å². The molecule has 1 aromatic carbocycles.